The number of rotatable bonds is 4. The van der Waals surface area contributed by atoms with Gasteiger partial charge in [0, 0.05) is 31.6 Å². The number of alkyl halides is 6. The molecule has 4 rings (SSSR count). The molecule has 0 bridgehead atoms. The minimum absolute atomic E-state index is 0.0194. The lowest BCUT2D eigenvalue weighted by atomic mass is 10.0. The second-order valence-electron chi connectivity index (χ2n) is 8.41. The van der Waals surface area contributed by atoms with Gasteiger partial charge in [0.05, 0.1) is 24.3 Å². The highest BCUT2D eigenvalue weighted by atomic mass is 19.4. The minimum atomic E-state index is -5.08. The number of pyridine rings is 1. The Hall–Kier alpha value is -3.66. The number of hydrogen-bond donors (Lipinski definition) is 3. The van der Waals surface area contributed by atoms with Crippen molar-refractivity contribution in [2.24, 2.45) is 0 Å². The summed E-state index contributed by atoms with van der Waals surface area (Å²) in [7, 11) is 0. The summed E-state index contributed by atoms with van der Waals surface area (Å²) in [5.41, 5.74) is 0.579. The maximum absolute atomic E-state index is 12.5. The third-order valence-electron chi connectivity index (χ3n) is 5.51. The first kappa shape index (κ1) is 31.6. The molecule has 2 aliphatic heterocycles. The third-order valence-corrected chi connectivity index (χ3v) is 5.51. The first-order chi connectivity index (χ1) is 18.1. The van der Waals surface area contributed by atoms with Crippen LogP contribution in [0.15, 0.2) is 41.1 Å². The van der Waals surface area contributed by atoms with Crippen LogP contribution in [0.4, 0.5) is 26.3 Å². The smallest absolute Gasteiger partial charge is 0.475 e. The highest BCUT2D eigenvalue weighted by molar-refractivity contribution is 5.94. The summed E-state index contributed by atoms with van der Waals surface area (Å²) in [5.74, 6) is -3.73. The summed E-state index contributed by atoms with van der Waals surface area (Å²) in [6.45, 7) is 4.23. The molecule has 2 fully saturated rings. The first-order valence-corrected chi connectivity index (χ1v) is 11.3. The quantitative estimate of drug-likeness (QED) is 0.472. The Morgan fingerprint density at radius 3 is 2.18 bits per heavy atom. The number of fused-ring (bicyclic) bond motifs is 1. The molecule has 10 nitrogen and oxygen atoms in total. The van der Waals surface area contributed by atoms with Gasteiger partial charge in [-0.3, -0.25) is 14.7 Å². The number of halogens is 6. The lowest BCUT2D eigenvalue weighted by Crippen LogP contribution is -2.47. The van der Waals surface area contributed by atoms with E-state index in [4.69, 9.17) is 29.0 Å². The summed E-state index contributed by atoms with van der Waals surface area (Å²) < 4.78 is 75.2. The molecule has 39 heavy (non-hydrogen) atoms. The van der Waals surface area contributed by atoms with E-state index in [1.165, 1.54) is 0 Å². The van der Waals surface area contributed by atoms with Gasteiger partial charge >= 0.3 is 24.3 Å². The van der Waals surface area contributed by atoms with Crippen molar-refractivity contribution >= 4 is 17.8 Å². The summed E-state index contributed by atoms with van der Waals surface area (Å²) in [4.78, 5) is 36.7. The Kier molecular flexibility index (Phi) is 10.9. The Bertz CT molecular complexity index is 1080. The molecule has 4 heterocycles. The molecule has 0 spiro atoms. The zero-order valence-electron chi connectivity index (χ0n) is 20.3. The van der Waals surface area contributed by atoms with Gasteiger partial charge in [-0.05, 0) is 44.0 Å². The average Bonchev–Trinajstić information content (AvgIpc) is 3.42. The molecule has 2 aliphatic rings. The lowest BCUT2D eigenvalue weighted by Gasteiger charge is -2.32. The van der Waals surface area contributed by atoms with Crippen molar-refractivity contribution in [2.75, 3.05) is 13.2 Å². The Morgan fingerprint density at radius 1 is 1.08 bits per heavy atom. The number of hydrogen-bond acceptors (Lipinski definition) is 7. The summed E-state index contributed by atoms with van der Waals surface area (Å²) in [6, 6.07) is 7.86. The minimum Gasteiger partial charge on any atom is -0.475 e. The number of aliphatic carboxylic acids is 2. The number of carboxylic acid groups (broad SMARTS) is 2. The SMILES string of the molecule is Cc1ccc(CN2C[C@H](NC(=O)c3cccnc3)[C@@H]3OCCC[C@@H]32)o1.O=C(O)C(F)(F)F.O=C(O)C(F)(F)F. The van der Waals surface area contributed by atoms with E-state index in [0.717, 1.165) is 44.1 Å². The number of carbonyl (C=O) groups is 3. The molecule has 0 aliphatic carbocycles. The maximum Gasteiger partial charge on any atom is 0.490 e. The van der Waals surface area contributed by atoms with Crippen molar-refractivity contribution in [2.45, 2.75) is 56.9 Å². The molecule has 0 aromatic carbocycles. The zero-order valence-corrected chi connectivity index (χ0v) is 20.3. The Morgan fingerprint density at radius 2 is 1.69 bits per heavy atom. The van der Waals surface area contributed by atoms with Crippen molar-refractivity contribution < 1.29 is 60.1 Å². The van der Waals surface area contributed by atoms with E-state index >= 15 is 0 Å². The average molecular weight is 569 g/mol. The molecule has 0 saturated carbocycles. The summed E-state index contributed by atoms with van der Waals surface area (Å²) in [5, 5.41) is 17.4. The molecule has 2 aromatic rings. The van der Waals surface area contributed by atoms with Gasteiger partial charge in [-0.1, -0.05) is 0 Å². The number of carbonyl (C=O) groups excluding carboxylic acids is 1. The number of nitrogens with one attached hydrogen (secondary N) is 1. The number of furan rings is 1. The van der Waals surface area contributed by atoms with Crippen molar-refractivity contribution in [1.29, 1.82) is 0 Å². The van der Waals surface area contributed by atoms with Crippen LogP contribution >= 0.6 is 0 Å². The molecule has 1 amide bonds. The highest BCUT2D eigenvalue weighted by Crippen LogP contribution is 2.30. The molecule has 16 heteroatoms. The number of aryl methyl sites for hydroxylation is 1. The highest BCUT2D eigenvalue weighted by Gasteiger charge is 2.45. The maximum atomic E-state index is 12.5. The molecule has 3 atom stereocenters. The van der Waals surface area contributed by atoms with E-state index in [0.29, 0.717) is 11.6 Å². The van der Waals surface area contributed by atoms with Crippen LogP contribution in [0.2, 0.25) is 0 Å². The number of amides is 1. The molecular formula is C23H25F6N3O7. The van der Waals surface area contributed by atoms with E-state index in [2.05, 4.69) is 15.2 Å². The van der Waals surface area contributed by atoms with E-state index in [1.54, 1.807) is 24.5 Å². The Labute approximate surface area is 217 Å². The fourth-order valence-electron chi connectivity index (χ4n) is 3.88. The molecule has 2 saturated heterocycles. The second kappa shape index (κ2) is 13.4. The van der Waals surface area contributed by atoms with Crippen molar-refractivity contribution in [3.63, 3.8) is 0 Å². The topological polar surface area (TPSA) is 142 Å². The van der Waals surface area contributed by atoms with Crippen LogP contribution in [0.25, 0.3) is 0 Å². The van der Waals surface area contributed by atoms with Gasteiger partial charge in [-0.2, -0.15) is 26.3 Å². The van der Waals surface area contributed by atoms with Gasteiger partial charge < -0.3 is 24.7 Å². The number of aromatic nitrogens is 1. The standard InChI is InChI=1S/C19H23N3O3.2C2HF3O2/c1-13-6-7-15(25-13)11-22-12-16(18-17(22)5-3-9-24-18)21-19(23)14-4-2-8-20-10-14;2*3-2(4,5)1(6)7/h2,4,6-8,10,16-18H,3,5,9,11-12H2,1H3,(H,21,23);2*(H,6,7)/t16-,17-,18-;;/m0../s1. The summed E-state index contributed by atoms with van der Waals surface area (Å²) >= 11 is 0. The normalized spacial score (nSPS) is 20.9. The van der Waals surface area contributed by atoms with E-state index in [1.807, 2.05) is 19.1 Å². The van der Waals surface area contributed by atoms with Gasteiger partial charge in [0.2, 0.25) is 0 Å². The predicted molar refractivity (Wildman–Crippen MR) is 119 cm³/mol. The van der Waals surface area contributed by atoms with Gasteiger partial charge in [-0.15, -0.1) is 0 Å². The zero-order chi connectivity index (χ0) is 29.4. The molecule has 216 valence electrons. The van der Waals surface area contributed by atoms with Crippen LogP contribution in [0.1, 0.15) is 34.7 Å². The van der Waals surface area contributed by atoms with E-state index in [9.17, 15) is 31.1 Å². The van der Waals surface area contributed by atoms with Gasteiger partial charge in [0.1, 0.15) is 11.5 Å². The fourth-order valence-corrected chi connectivity index (χ4v) is 3.88. The molecule has 2 aromatic heterocycles. The fraction of sp³-hybridized carbons (Fsp3) is 0.478. The van der Waals surface area contributed by atoms with Crippen LogP contribution in [-0.2, 0) is 20.9 Å². The predicted octanol–water partition coefficient (Wildman–Crippen LogP) is 3.41. The van der Waals surface area contributed by atoms with Crippen molar-refractivity contribution in [3.8, 4) is 0 Å². The lowest BCUT2D eigenvalue weighted by molar-refractivity contribution is -0.193. The van der Waals surface area contributed by atoms with Gasteiger partial charge in [0.15, 0.2) is 0 Å². The van der Waals surface area contributed by atoms with E-state index < -0.39 is 24.3 Å². The van der Waals surface area contributed by atoms with Crippen LogP contribution in [-0.4, -0.2) is 81.6 Å². The molecule has 0 unspecified atom stereocenters. The first-order valence-electron chi connectivity index (χ1n) is 11.3. The van der Waals surface area contributed by atoms with E-state index in [-0.39, 0.29) is 18.1 Å². The number of carboxylic acids is 2. The number of likely N-dealkylation sites (tertiary alicyclic amines) is 1. The van der Waals surface area contributed by atoms with Gasteiger partial charge in [-0.25, -0.2) is 9.59 Å². The second-order valence-corrected chi connectivity index (χ2v) is 8.41. The molecule has 0 radical (unpaired) electrons. The van der Waals surface area contributed by atoms with Crippen molar-refractivity contribution in [3.05, 3.63) is 53.7 Å². The van der Waals surface area contributed by atoms with Crippen LogP contribution in [0.3, 0.4) is 0 Å². The van der Waals surface area contributed by atoms with Gasteiger partial charge in [0.25, 0.3) is 5.91 Å². The van der Waals surface area contributed by atoms with Crippen molar-refractivity contribution in [1.82, 2.24) is 15.2 Å². The molecule has 3 N–H and O–H groups in total. The van der Waals surface area contributed by atoms with Crippen LogP contribution < -0.4 is 5.32 Å². The van der Waals surface area contributed by atoms with Crippen LogP contribution in [0, 0.1) is 6.92 Å². The largest absolute Gasteiger partial charge is 0.490 e. The summed E-state index contributed by atoms with van der Waals surface area (Å²) in [6.07, 6.45) is -4.74. The third kappa shape index (κ3) is 9.86. The Balaban J connectivity index is 0.000000317. The number of nitrogens with zero attached hydrogens (tertiary/aromatic N) is 2. The monoisotopic (exact) mass is 569 g/mol. The molecular weight excluding hydrogens is 544 g/mol. The van der Waals surface area contributed by atoms with Crippen LogP contribution in [0.5, 0.6) is 0 Å². The number of ether oxygens (including phenoxy) is 1.